The van der Waals surface area contributed by atoms with Crippen LogP contribution >= 0.6 is 0 Å². The van der Waals surface area contributed by atoms with Gasteiger partial charge in [0.2, 0.25) is 5.91 Å². The van der Waals surface area contributed by atoms with Crippen molar-refractivity contribution in [3.63, 3.8) is 0 Å². The van der Waals surface area contributed by atoms with Gasteiger partial charge in [-0.15, -0.1) is 0 Å². The molecule has 1 amide bonds. The maximum atomic E-state index is 13.2. The fraction of sp³-hybridized carbons (Fsp3) is 0.294. The summed E-state index contributed by atoms with van der Waals surface area (Å²) in [6.45, 7) is 2.33. The van der Waals surface area contributed by atoms with Gasteiger partial charge in [0.15, 0.2) is 0 Å². The van der Waals surface area contributed by atoms with Crippen molar-refractivity contribution in [2.24, 2.45) is 0 Å². The van der Waals surface area contributed by atoms with Crippen molar-refractivity contribution < 1.29 is 13.6 Å². The van der Waals surface area contributed by atoms with E-state index in [-0.39, 0.29) is 24.2 Å². The van der Waals surface area contributed by atoms with E-state index in [0.717, 1.165) is 30.3 Å². The van der Waals surface area contributed by atoms with Crippen LogP contribution in [-0.2, 0) is 4.79 Å². The van der Waals surface area contributed by atoms with E-state index in [4.69, 9.17) is 0 Å². The van der Waals surface area contributed by atoms with E-state index in [2.05, 4.69) is 15.6 Å². The summed E-state index contributed by atoms with van der Waals surface area (Å²) < 4.78 is 26.4. The second-order valence-corrected chi connectivity index (χ2v) is 5.68. The van der Waals surface area contributed by atoms with Gasteiger partial charge in [0.05, 0.1) is 6.54 Å². The topological polar surface area (TPSA) is 57.3 Å². The van der Waals surface area contributed by atoms with Gasteiger partial charge < -0.3 is 10.6 Å². The first-order chi connectivity index (χ1) is 11.6. The fourth-order valence-electron chi connectivity index (χ4n) is 2.85. The van der Waals surface area contributed by atoms with E-state index >= 15 is 0 Å². The highest BCUT2D eigenvalue weighted by Crippen LogP contribution is 2.21. The zero-order chi connectivity index (χ0) is 16.9. The highest BCUT2D eigenvalue weighted by molar-refractivity contribution is 5.92. The third-order valence-corrected chi connectivity index (χ3v) is 3.92. The standard InChI is InChI=1S/C17H18F2N4O/c18-13-6-14(19)8-15(7-13)22-17(24)11-23-5-4-21-10-16(23)12-2-1-3-20-9-12/h1-3,6-9,16,21H,4-5,10-11H2,(H,22,24). The van der Waals surface area contributed by atoms with Crippen LogP contribution in [0.2, 0.25) is 0 Å². The molecule has 1 aromatic carbocycles. The lowest BCUT2D eigenvalue weighted by Crippen LogP contribution is -2.48. The first-order valence-corrected chi connectivity index (χ1v) is 7.72. The monoisotopic (exact) mass is 332 g/mol. The van der Waals surface area contributed by atoms with Crippen LogP contribution in [0.5, 0.6) is 0 Å². The van der Waals surface area contributed by atoms with E-state index in [1.54, 1.807) is 12.4 Å². The Bertz CT molecular complexity index is 691. The van der Waals surface area contributed by atoms with Crippen LogP contribution < -0.4 is 10.6 Å². The third-order valence-electron chi connectivity index (χ3n) is 3.92. The second-order valence-electron chi connectivity index (χ2n) is 5.68. The molecule has 1 saturated heterocycles. The Morgan fingerprint density at radius 2 is 2.12 bits per heavy atom. The number of piperazine rings is 1. The zero-order valence-electron chi connectivity index (χ0n) is 13.0. The number of amides is 1. The number of rotatable bonds is 4. The molecule has 0 bridgehead atoms. The molecule has 2 aromatic rings. The molecule has 0 saturated carbocycles. The van der Waals surface area contributed by atoms with E-state index in [0.29, 0.717) is 13.1 Å². The van der Waals surface area contributed by atoms with Crippen molar-refractivity contribution in [3.05, 3.63) is 59.9 Å². The molecule has 2 N–H and O–H groups in total. The Morgan fingerprint density at radius 1 is 1.33 bits per heavy atom. The third kappa shape index (κ3) is 4.12. The first kappa shape index (κ1) is 16.5. The lowest BCUT2D eigenvalue weighted by molar-refractivity contribution is -0.118. The number of benzene rings is 1. The number of halogens is 2. The summed E-state index contributed by atoms with van der Waals surface area (Å²) in [5.74, 6) is -1.75. The molecule has 1 atom stereocenters. The van der Waals surface area contributed by atoms with Crippen LogP contribution in [0.25, 0.3) is 0 Å². The van der Waals surface area contributed by atoms with Crippen molar-refractivity contribution >= 4 is 11.6 Å². The molecule has 0 spiro atoms. The maximum absolute atomic E-state index is 13.2. The Labute approximate surface area is 138 Å². The van der Waals surface area contributed by atoms with E-state index in [1.165, 1.54) is 0 Å². The zero-order valence-corrected chi connectivity index (χ0v) is 13.0. The smallest absolute Gasteiger partial charge is 0.238 e. The average Bonchev–Trinajstić information content (AvgIpc) is 2.55. The summed E-state index contributed by atoms with van der Waals surface area (Å²) in [5.41, 5.74) is 1.14. The van der Waals surface area contributed by atoms with Gasteiger partial charge in [-0.25, -0.2) is 8.78 Å². The number of hydrogen-bond donors (Lipinski definition) is 2. The van der Waals surface area contributed by atoms with Gasteiger partial charge in [0.1, 0.15) is 11.6 Å². The van der Waals surface area contributed by atoms with Crippen LogP contribution in [0.3, 0.4) is 0 Å². The molecular formula is C17H18F2N4O. The summed E-state index contributed by atoms with van der Waals surface area (Å²) in [4.78, 5) is 18.4. The Morgan fingerprint density at radius 3 is 2.83 bits per heavy atom. The van der Waals surface area contributed by atoms with E-state index in [1.807, 2.05) is 17.0 Å². The predicted molar refractivity (Wildman–Crippen MR) is 86.4 cm³/mol. The molecule has 126 valence electrons. The normalized spacial score (nSPS) is 18.3. The number of carbonyl (C=O) groups is 1. The molecule has 7 heteroatoms. The largest absolute Gasteiger partial charge is 0.325 e. The molecule has 5 nitrogen and oxygen atoms in total. The van der Waals surface area contributed by atoms with Gasteiger partial charge in [0, 0.05) is 49.8 Å². The number of anilines is 1. The van der Waals surface area contributed by atoms with E-state index < -0.39 is 11.6 Å². The second kappa shape index (κ2) is 7.46. The fourth-order valence-corrected chi connectivity index (χ4v) is 2.85. The van der Waals surface area contributed by atoms with Crippen molar-refractivity contribution in [2.75, 3.05) is 31.5 Å². The molecule has 1 unspecified atom stereocenters. The summed E-state index contributed by atoms with van der Waals surface area (Å²) in [6.07, 6.45) is 3.49. The average molecular weight is 332 g/mol. The lowest BCUT2D eigenvalue weighted by atomic mass is 10.1. The highest BCUT2D eigenvalue weighted by Gasteiger charge is 2.25. The molecule has 0 aliphatic carbocycles. The SMILES string of the molecule is O=C(CN1CCNCC1c1cccnc1)Nc1cc(F)cc(F)c1. The minimum absolute atomic E-state index is 0.0300. The predicted octanol–water partition coefficient (Wildman–Crippen LogP) is 1.94. The minimum atomic E-state index is -0.722. The van der Waals surface area contributed by atoms with Crippen LogP contribution in [0.4, 0.5) is 14.5 Å². The molecule has 24 heavy (non-hydrogen) atoms. The molecule has 0 radical (unpaired) electrons. The molecular weight excluding hydrogens is 314 g/mol. The van der Waals surface area contributed by atoms with Crippen molar-refractivity contribution in [1.29, 1.82) is 0 Å². The summed E-state index contributed by atoms with van der Waals surface area (Å²) in [5, 5.41) is 5.85. The van der Waals surface area contributed by atoms with Crippen molar-refractivity contribution in [3.8, 4) is 0 Å². The van der Waals surface area contributed by atoms with Gasteiger partial charge in [0.25, 0.3) is 0 Å². The van der Waals surface area contributed by atoms with Gasteiger partial charge in [-0.05, 0) is 23.8 Å². The first-order valence-electron chi connectivity index (χ1n) is 7.72. The number of nitrogens with one attached hydrogen (secondary N) is 2. The highest BCUT2D eigenvalue weighted by atomic mass is 19.1. The Hall–Kier alpha value is -2.38. The number of aromatic nitrogens is 1. The summed E-state index contributed by atoms with van der Waals surface area (Å²) in [7, 11) is 0. The number of hydrogen-bond acceptors (Lipinski definition) is 4. The lowest BCUT2D eigenvalue weighted by Gasteiger charge is -2.35. The Kier molecular flexibility index (Phi) is 5.12. The van der Waals surface area contributed by atoms with Crippen LogP contribution in [0.1, 0.15) is 11.6 Å². The van der Waals surface area contributed by atoms with E-state index in [9.17, 15) is 13.6 Å². The molecule has 1 fully saturated rings. The number of pyridine rings is 1. The van der Waals surface area contributed by atoms with Crippen LogP contribution in [-0.4, -0.2) is 42.0 Å². The maximum Gasteiger partial charge on any atom is 0.238 e. The molecule has 1 aromatic heterocycles. The summed E-state index contributed by atoms with van der Waals surface area (Å²) in [6, 6.07) is 6.82. The Balaban J connectivity index is 1.67. The van der Waals surface area contributed by atoms with Crippen LogP contribution in [0, 0.1) is 11.6 Å². The van der Waals surface area contributed by atoms with Gasteiger partial charge in [-0.2, -0.15) is 0 Å². The number of carbonyl (C=O) groups excluding carboxylic acids is 1. The van der Waals surface area contributed by atoms with Crippen LogP contribution in [0.15, 0.2) is 42.7 Å². The minimum Gasteiger partial charge on any atom is -0.325 e. The molecule has 2 heterocycles. The van der Waals surface area contributed by atoms with Gasteiger partial charge >= 0.3 is 0 Å². The van der Waals surface area contributed by atoms with Gasteiger partial charge in [-0.1, -0.05) is 6.07 Å². The molecule has 1 aliphatic heterocycles. The molecule has 3 rings (SSSR count). The van der Waals surface area contributed by atoms with Crippen molar-refractivity contribution in [1.82, 2.24) is 15.2 Å². The summed E-state index contributed by atoms with van der Waals surface area (Å²) >= 11 is 0. The number of nitrogens with zero attached hydrogens (tertiary/aromatic N) is 2. The molecule has 1 aliphatic rings. The van der Waals surface area contributed by atoms with Crippen molar-refractivity contribution in [2.45, 2.75) is 6.04 Å². The quantitative estimate of drug-likeness (QED) is 0.898. The van der Waals surface area contributed by atoms with Gasteiger partial charge in [-0.3, -0.25) is 14.7 Å².